The summed E-state index contributed by atoms with van der Waals surface area (Å²) in [5.41, 5.74) is 0.678. The first kappa shape index (κ1) is 12.7. The molecule has 0 aliphatic carbocycles. The molecule has 0 unspecified atom stereocenters. The number of benzene rings is 1. The van der Waals surface area contributed by atoms with E-state index >= 15 is 0 Å². The molecule has 0 radical (unpaired) electrons. The molecule has 0 amide bonds. The molecule has 96 valence electrons. The van der Waals surface area contributed by atoms with E-state index in [1.165, 1.54) is 6.33 Å². The van der Waals surface area contributed by atoms with E-state index in [9.17, 15) is 0 Å². The van der Waals surface area contributed by atoms with Gasteiger partial charge >= 0.3 is 0 Å². The Labute approximate surface area is 110 Å². The molecule has 1 aromatic heterocycles. The zero-order chi connectivity index (χ0) is 13.3. The summed E-state index contributed by atoms with van der Waals surface area (Å²) in [5, 5.41) is 1.30. The monoisotopic (exact) mass is 267 g/mol. The average molecular weight is 268 g/mol. The maximum absolute atomic E-state index is 6.18. The Hall–Kier alpha value is -1.75. The number of anilines is 1. The summed E-state index contributed by atoms with van der Waals surface area (Å²) in [6.45, 7) is 0. The highest BCUT2D eigenvalue weighted by Crippen LogP contribution is 2.42. The molecule has 1 aromatic carbocycles. The second-order valence-corrected chi connectivity index (χ2v) is 4.32. The van der Waals surface area contributed by atoms with Crippen LogP contribution in [0.3, 0.4) is 0 Å². The van der Waals surface area contributed by atoms with Gasteiger partial charge in [-0.05, 0) is 6.07 Å². The Bertz CT molecular complexity index is 587. The molecule has 0 aliphatic heterocycles. The van der Waals surface area contributed by atoms with E-state index in [-0.39, 0.29) is 0 Å². The van der Waals surface area contributed by atoms with Crippen LogP contribution >= 0.6 is 11.6 Å². The van der Waals surface area contributed by atoms with Crippen molar-refractivity contribution in [3.63, 3.8) is 0 Å². The minimum atomic E-state index is 0.472. The van der Waals surface area contributed by atoms with E-state index in [1.54, 1.807) is 20.3 Å². The van der Waals surface area contributed by atoms with Crippen molar-refractivity contribution in [3.8, 4) is 11.5 Å². The Morgan fingerprint density at radius 2 is 1.78 bits per heavy atom. The van der Waals surface area contributed by atoms with Gasteiger partial charge in [-0.25, -0.2) is 9.97 Å². The van der Waals surface area contributed by atoms with Crippen molar-refractivity contribution in [1.82, 2.24) is 9.97 Å². The number of nitrogens with zero attached hydrogens (tertiary/aromatic N) is 3. The minimum absolute atomic E-state index is 0.472. The van der Waals surface area contributed by atoms with Crippen LogP contribution in [0, 0.1) is 0 Å². The number of methoxy groups -OCH3 is 2. The van der Waals surface area contributed by atoms with Crippen molar-refractivity contribution in [2.24, 2.45) is 0 Å². The number of fused-ring (bicyclic) bond motifs is 1. The maximum Gasteiger partial charge on any atom is 0.188 e. The lowest BCUT2D eigenvalue weighted by molar-refractivity contribution is 0.358. The van der Waals surface area contributed by atoms with Crippen molar-refractivity contribution in [2.45, 2.75) is 0 Å². The summed E-state index contributed by atoms with van der Waals surface area (Å²) in [6, 6.07) is 1.79. The molecule has 0 atom stereocenters. The molecule has 2 rings (SSSR count). The van der Waals surface area contributed by atoms with Crippen molar-refractivity contribution in [1.29, 1.82) is 0 Å². The van der Waals surface area contributed by atoms with Gasteiger partial charge in [0.25, 0.3) is 0 Å². The van der Waals surface area contributed by atoms with Crippen LogP contribution < -0.4 is 14.4 Å². The zero-order valence-electron chi connectivity index (χ0n) is 10.7. The lowest BCUT2D eigenvalue weighted by Gasteiger charge is -2.16. The van der Waals surface area contributed by atoms with E-state index in [0.29, 0.717) is 22.0 Å². The molecule has 1 heterocycles. The van der Waals surface area contributed by atoms with Gasteiger partial charge in [0.2, 0.25) is 0 Å². The summed E-state index contributed by atoms with van der Waals surface area (Å²) >= 11 is 6.18. The highest BCUT2D eigenvalue weighted by molar-refractivity contribution is 6.33. The molecule has 0 fully saturated rings. The van der Waals surface area contributed by atoms with Crippen molar-refractivity contribution in [2.75, 3.05) is 33.2 Å². The second-order valence-electron chi connectivity index (χ2n) is 3.91. The zero-order valence-corrected chi connectivity index (χ0v) is 11.4. The van der Waals surface area contributed by atoms with E-state index in [2.05, 4.69) is 9.97 Å². The summed E-state index contributed by atoms with van der Waals surface area (Å²) in [4.78, 5) is 10.4. The minimum Gasteiger partial charge on any atom is -0.491 e. The normalized spacial score (nSPS) is 10.5. The van der Waals surface area contributed by atoms with E-state index in [4.69, 9.17) is 21.1 Å². The predicted molar refractivity (Wildman–Crippen MR) is 72.0 cm³/mol. The standard InChI is InChI=1S/C12H14ClN3O2/c1-16(2)12-7-5-8(13)10(17-3)11(18-4)9(7)14-6-15-12/h5-6H,1-4H3. The molecule has 0 N–H and O–H groups in total. The summed E-state index contributed by atoms with van der Waals surface area (Å²) in [6.07, 6.45) is 1.49. The van der Waals surface area contributed by atoms with Gasteiger partial charge in [-0.3, -0.25) is 0 Å². The van der Waals surface area contributed by atoms with E-state index < -0.39 is 0 Å². The largest absolute Gasteiger partial charge is 0.491 e. The van der Waals surface area contributed by atoms with Crippen molar-refractivity contribution < 1.29 is 9.47 Å². The van der Waals surface area contributed by atoms with Crippen LogP contribution in [0.25, 0.3) is 10.9 Å². The first-order valence-electron chi connectivity index (χ1n) is 5.32. The molecule has 6 heteroatoms. The third-order valence-corrected chi connectivity index (χ3v) is 2.88. The smallest absolute Gasteiger partial charge is 0.188 e. The van der Waals surface area contributed by atoms with Gasteiger partial charge in [-0.15, -0.1) is 0 Å². The first-order valence-corrected chi connectivity index (χ1v) is 5.70. The van der Waals surface area contributed by atoms with Crippen LogP contribution in [0.15, 0.2) is 12.4 Å². The molecule has 0 aliphatic rings. The highest BCUT2D eigenvalue weighted by Gasteiger charge is 2.18. The van der Waals surface area contributed by atoms with E-state index in [0.717, 1.165) is 11.2 Å². The molecule has 0 bridgehead atoms. The van der Waals surface area contributed by atoms with Gasteiger partial charge in [0.1, 0.15) is 17.7 Å². The SMILES string of the molecule is COc1c(Cl)cc2c(N(C)C)ncnc2c1OC. The number of hydrogen-bond acceptors (Lipinski definition) is 5. The molecule has 5 nitrogen and oxygen atoms in total. The second kappa shape index (κ2) is 4.86. The van der Waals surface area contributed by atoms with Crippen LogP contribution in [0.5, 0.6) is 11.5 Å². The average Bonchev–Trinajstić information content (AvgIpc) is 2.36. The topological polar surface area (TPSA) is 47.5 Å². The first-order chi connectivity index (χ1) is 8.60. The van der Waals surface area contributed by atoms with Crippen LogP contribution in [-0.4, -0.2) is 38.3 Å². The van der Waals surface area contributed by atoms with Gasteiger partial charge in [0, 0.05) is 19.5 Å². The number of ether oxygens (including phenoxy) is 2. The Morgan fingerprint density at radius 1 is 1.11 bits per heavy atom. The van der Waals surface area contributed by atoms with Gasteiger partial charge in [-0.2, -0.15) is 0 Å². The van der Waals surface area contributed by atoms with Gasteiger partial charge in [-0.1, -0.05) is 11.6 Å². The van der Waals surface area contributed by atoms with E-state index in [1.807, 2.05) is 19.0 Å². The highest BCUT2D eigenvalue weighted by atomic mass is 35.5. The molecular weight excluding hydrogens is 254 g/mol. The summed E-state index contributed by atoms with van der Waals surface area (Å²) < 4.78 is 10.6. The van der Waals surface area contributed by atoms with Gasteiger partial charge in [0.05, 0.1) is 19.2 Å². The lowest BCUT2D eigenvalue weighted by atomic mass is 10.2. The lowest BCUT2D eigenvalue weighted by Crippen LogP contribution is -2.11. The number of rotatable bonds is 3. The quantitative estimate of drug-likeness (QED) is 0.854. The Balaban J connectivity index is 2.87. The fourth-order valence-corrected chi connectivity index (χ4v) is 2.12. The predicted octanol–water partition coefficient (Wildman–Crippen LogP) is 2.37. The molecule has 2 aromatic rings. The van der Waals surface area contributed by atoms with Crippen LogP contribution in [0.4, 0.5) is 5.82 Å². The molecular formula is C12H14ClN3O2. The van der Waals surface area contributed by atoms with Crippen molar-refractivity contribution >= 4 is 28.3 Å². The summed E-state index contributed by atoms with van der Waals surface area (Å²) in [5.74, 6) is 1.78. The molecule has 0 saturated carbocycles. The molecule has 18 heavy (non-hydrogen) atoms. The Kier molecular flexibility index (Phi) is 3.43. The van der Waals surface area contributed by atoms with Crippen molar-refractivity contribution in [3.05, 3.63) is 17.4 Å². The molecule has 0 saturated heterocycles. The third kappa shape index (κ3) is 1.90. The number of aromatic nitrogens is 2. The molecule has 0 spiro atoms. The van der Waals surface area contributed by atoms with Gasteiger partial charge in [0.15, 0.2) is 11.5 Å². The Morgan fingerprint density at radius 3 is 2.33 bits per heavy atom. The number of halogens is 1. The fraction of sp³-hybridized carbons (Fsp3) is 0.333. The maximum atomic E-state index is 6.18. The number of hydrogen-bond donors (Lipinski definition) is 0. The van der Waals surface area contributed by atoms with Crippen LogP contribution in [0.1, 0.15) is 0 Å². The third-order valence-electron chi connectivity index (χ3n) is 2.60. The van der Waals surface area contributed by atoms with Crippen LogP contribution in [-0.2, 0) is 0 Å². The summed E-state index contributed by atoms with van der Waals surface area (Å²) in [7, 11) is 6.92. The fourth-order valence-electron chi connectivity index (χ4n) is 1.84. The van der Waals surface area contributed by atoms with Crippen LogP contribution in [0.2, 0.25) is 5.02 Å². The van der Waals surface area contributed by atoms with Gasteiger partial charge < -0.3 is 14.4 Å².